The van der Waals surface area contributed by atoms with Gasteiger partial charge in [-0.1, -0.05) is 13.8 Å². The lowest BCUT2D eigenvalue weighted by Crippen LogP contribution is -2.47. The fraction of sp³-hybridized carbons (Fsp3) is 1.00. The maximum absolute atomic E-state index is 10.0. The summed E-state index contributed by atoms with van der Waals surface area (Å²) in [5.41, 5.74) is -0.569. The third-order valence-electron chi connectivity index (χ3n) is 12.9. The first-order valence-corrected chi connectivity index (χ1v) is 27.4. The van der Waals surface area contributed by atoms with Crippen LogP contribution >= 0.6 is 0 Å². The average molecular weight is 1110 g/mol. The Bertz CT molecular complexity index is 1230. The molecule has 24 nitrogen and oxygen atoms in total. The summed E-state index contributed by atoms with van der Waals surface area (Å²) in [5.74, 6) is 0. The standard InChI is InChI=1S/C52H109N3O21/c1-11-51(76-32-44(10)73-27-39(5)55(17-49(66)23-60)18-50(67)24-61)33-70-36-52(12-2,34-68-28-40(6)74-30-42(8)71-25-37(3)53(13-45(62)19-56)14-46(63)20-57)35-69-29-41(7)75-31-43(9)72-26-38(4)54(15-47(64)21-58)16-48(65)22-59/h37-51,56-67H,11-36H2,1-10H3. The van der Waals surface area contributed by atoms with E-state index in [1.165, 1.54) is 0 Å². The Morgan fingerprint density at radius 2 is 0.566 bits per heavy atom. The number of aliphatic hydroxyl groups excluding tert-OH is 12. The smallest absolute Gasteiger partial charge is 0.0897 e. The lowest BCUT2D eigenvalue weighted by Gasteiger charge is -2.34. The maximum Gasteiger partial charge on any atom is 0.0897 e. The molecular formula is C52H109N3O21. The van der Waals surface area contributed by atoms with E-state index in [-0.39, 0.29) is 147 Å². The van der Waals surface area contributed by atoms with E-state index in [0.717, 1.165) is 0 Å². The molecule has 0 amide bonds. The van der Waals surface area contributed by atoms with Crippen LogP contribution in [0.3, 0.4) is 0 Å². The highest BCUT2D eigenvalue weighted by molar-refractivity contribution is 4.80. The molecule has 76 heavy (non-hydrogen) atoms. The number of hydrogen-bond donors (Lipinski definition) is 12. The van der Waals surface area contributed by atoms with E-state index in [1.54, 1.807) is 14.7 Å². The van der Waals surface area contributed by atoms with Crippen molar-refractivity contribution in [1.29, 1.82) is 0 Å². The van der Waals surface area contributed by atoms with Gasteiger partial charge in [-0.15, -0.1) is 0 Å². The fourth-order valence-corrected chi connectivity index (χ4v) is 7.62. The predicted octanol–water partition coefficient (Wildman–Crippen LogP) is -2.56. The summed E-state index contributed by atoms with van der Waals surface area (Å²) in [6, 6.07) is -0.720. The number of ether oxygens (including phenoxy) is 9. The molecule has 24 heteroatoms. The van der Waals surface area contributed by atoms with Gasteiger partial charge in [-0.2, -0.15) is 0 Å². The monoisotopic (exact) mass is 1110 g/mol. The molecular weight excluding hydrogens is 1000 g/mol. The Kier molecular flexibility index (Phi) is 44.1. The van der Waals surface area contributed by atoms with E-state index in [0.29, 0.717) is 39.3 Å². The van der Waals surface area contributed by atoms with Gasteiger partial charge in [0, 0.05) is 62.8 Å². The minimum absolute atomic E-state index is 0.0992. The summed E-state index contributed by atoms with van der Waals surface area (Å²) in [5, 5.41) is 116. The summed E-state index contributed by atoms with van der Waals surface area (Å²) < 4.78 is 55.6. The van der Waals surface area contributed by atoms with Gasteiger partial charge in [0.15, 0.2) is 0 Å². The van der Waals surface area contributed by atoms with Gasteiger partial charge < -0.3 is 104 Å². The van der Waals surface area contributed by atoms with Gasteiger partial charge in [0.1, 0.15) is 0 Å². The molecule has 0 bridgehead atoms. The van der Waals surface area contributed by atoms with E-state index in [9.17, 15) is 61.3 Å². The number of nitrogens with zero attached hydrogens (tertiary/aromatic N) is 3. The van der Waals surface area contributed by atoms with Gasteiger partial charge in [-0.3, -0.25) is 14.7 Å². The Balaban J connectivity index is 5.63. The first kappa shape index (κ1) is 75.0. The Morgan fingerprint density at radius 1 is 0.329 bits per heavy atom. The lowest BCUT2D eigenvalue weighted by molar-refractivity contribution is -0.123. The minimum atomic E-state index is -1.01. The van der Waals surface area contributed by atoms with Crippen LogP contribution in [0, 0.1) is 5.41 Å². The second-order valence-electron chi connectivity index (χ2n) is 20.9. The summed E-state index contributed by atoms with van der Waals surface area (Å²) in [4.78, 5) is 5.27. The van der Waals surface area contributed by atoms with Crippen molar-refractivity contribution >= 4 is 0 Å². The van der Waals surface area contributed by atoms with Crippen molar-refractivity contribution in [3.8, 4) is 0 Å². The summed E-state index contributed by atoms with van der Waals surface area (Å²) in [7, 11) is 0. The molecule has 0 aliphatic heterocycles. The summed E-state index contributed by atoms with van der Waals surface area (Å²) in [6.45, 7) is 20.4. The average Bonchev–Trinajstić information content (AvgIpc) is 3.41. The first-order valence-electron chi connectivity index (χ1n) is 27.4. The van der Waals surface area contributed by atoms with Gasteiger partial charge >= 0.3 is 0 Å². The molecule has 0 heterocycles. The van der Waals surface area contributed by atoms with Crippen LogP contribution in [-0.4, -0.2) is 326 Å². The molecule has 458 valence electrons. The van der Waals surface area contributed by atoms with Gasteiger partial charge in [0.05, 0.1) is 192 Å². The van der Waals surface area contributed by atoms with Crippen molar-refractivity contribution in [2.24, 2.45) is 5.41 Å². The molecule has 0 aromatic heterocycles. The van der Waals surface area contributed by atoms with Crippen LogP contribution in [0.5, 0.6) is 0 Å². The molecule has 0 saturated heterocycles. The van der Waals surface area contributed by atoms with Gasteiger partial charge in [0.2, 0.25) is 0 Å². The van der Waals surface area contributed by atoms with Crippen LogP contribution < -0.4 is 0 Å². The normalized spacial score (nSPS) is 19.4. The molecule has 0 aliphatic carbocycles. The van der Waals surface area contributed by atoms with Crippen LogP contribution in [0.25, 0.3) is 0 Å². The molecule has 0 aromatic carbocycles. The second kappa shape index (κ2) is 44.7. The third-order valence-corrected chi connectivity index (χ3v) is 12.9. The van der Waals surface area contributed by atoms with E-state index >= 15 is 0 Å². The Morgan fingerprint density at radius 3 is 0.816 bits per heavy atom. The lowest BCUT2D eigenvalue weighted by atomic mass is 9.88. The molecule has 0 radical (unpaired) electrons. The van der Waals surface area contributed by atoms with Crippen LogP contribution in [0.4, 0.5) is 0 Å². The van der Waals surface area contributed by atoms with Crippen molar-refractivity contribution < 1.29 is 104 Å². The summed E-state index contributed by atoms with van der Waals surface area (Å²) in [6.07, 6.45) is -6.49. The third kappa shape index (κ3) is 35.7. The highest BCUT2D eigenvalue weighted by Gasteiger charge is 2.32. The van der Waals surface area contributed by atoms with Crippen molar-refractivity contribution in [3.63, 3.8) is 0 Å². The molecule has 12 N–H and O–H groups in total. The number of hydrogen-bond acceptors (Lipinski definition) is 24. The van der Waals surface area contributed by atoms with E-state index in [1.807, 2.05) is 69.2 Å². The van der Waals surface area contributed by atoms with Crippen molar-refractivity contribution in [1.82, 2.24) is 14.7 Å². The highest BCUT2D eigenvalue weighted by atomic mass is 16.6. The molecule has 15 unspecified atom stereocenters. The van der Waals surface area contributed by atoms with Crippen molar-refractivity contribution in [2.45, 2.75) is 173 Å². The van der Waals surface area contributed by atoms with E-state index in [2.05, 4.69) is 0 Å². The van der Waals surface area contributed by atoms with Crippen molar-refractivity contribution in [2.75, 3.05) is 158 Å². The molecule has 0 aromatic rings. The van der Waals surface area contributed by atoms with E-state index < -0.39 is 81.7 Å². The van der Waals surface area contributed by atoms with Crippen LogP contribution in [-0.2, 0) is 42.6 Å². The predicted molar refractivity (Wildman–Crippen MR) is 284 cm³/mol. The van der Waals surface area contributed by atoms with Gasteiger partial charge in [-0.05, 0) is 68.2 Å². The van der Waals surface area contributed by atoms with Crippen LogP contribution in [0.1, 0.15) is 82.1 Å². The molecule has 0 saturated carbocycles. The molecule has 0 rings (SSSR count). The number of rotatable bonds is 53. The molecule has 0 aliphatic rings. The zero-order valence-electron chi connectivity index (χ0n) is 47.9. The zero-order valence-corrected chi connectivity index (χ0v) is 47.9. The number of aliphatic hydroxyl groups is 12. The van der Waals surface area contributed by atoms with Crippen LogP contribution in [0.15, 0.2) is 0 Å². The molecule has 15 atom stereocenters. The highest BCUT2D eigenvalue weighted by Crippen LogP contribution is 2.25. The van der Waals surface area contributed by atoms with Gasteiger partial charge in [0.25, 0.3) is 0 Å². The molecule has 0 fully saturated rings. The fourth-order valence-electron chi connectivity index (χ4n) is 7.62. The molecule has 0 spiro atoms. The first-order chi connectivity index (χ1) is 36.0. The van der Waals surface area contributed by atoms with Gasteiger partial charge in [-0.25, -0.2) is 0 Å². The summed E-state index contributed by atoms with van der Waals surface area (Å²) >= 11 is 0. The SMILES string of the molecule is CCC(COCC(CC)(COCC(C)OCC(C)OCC(C)N(CC(O)CO)CC(O)CO)COCC(C)OCC(C)OCC(C)N(CC(O)CO)CC(O)CO)OCC(C)OCC(C)N(CC(O)CO)CC(O)CO. The quantitative estimate of drug-likeness (QED) is 0.0298. The van der Waals surface area contributed by atoms with Crippen LogP contribution in [0.2, 0.25) is 0 Å². The Hall–Kier alpha value is -0.960. The topological polar surface area (TPSA) is 336 Å². The zero-order chi connectivity index (χ0) is 57.6. The second-order valence-corrected chi connectivity index (χ2v) is 20.9. The maximum atomic E-state index is 10.0. The Labute approximate surface area is 454 Å². The van der Waals surface area contributed by atoms with Crippen molar-refractivity contribution in [3.05, 3.63) is 0 Å². The minimum Gasteiger partial charge on any atom is -0.394 e. The largest absolute Gasteiger partial charge is 0.394 e. The van der Waals surface area contributed by atoms with E-state index in [4.69, 9.17) is 42.6 Å².